The van der Waals surface area contributed by atoms with Crippen LogP contribution in [0.2, 0.25) is 0 Å². The molecule has 0 unspecified atom stereocenters. The van der Waals surface area contributed by atoms with Crippen LogP contribution >= 0.6 is 11.3 Å². The first-order valence-electron chi connectivity index (χ1n) is 8.81. The van der Waals surface area contributed by atoms with Crippen LogP contribution in [-0.4, -0.2) is 41.0 Å². The number of hydrogen-bond donors (Lipinski definition) is 1. The summed E-state index contributed by atoms with van der Waals surface area (Å²) in [5.74, 6) is -2.42. The average molecular weight is 447 g/mol. The molecule has 0 fully saturated rings. The summed E-state index contributed by atoms with van der Waals surface area (Å²) in [5.41, 5.74) is 1.20. The summed E-state index contributed by atoms with van der Waals surface area (Å²) in [6.07, 6.45) is 1.49. The molecule has 31 heavy (non-hydrogen) atoms. The van der Waals surface area contributed by atoms with E-state index < -0.39 is 31.0 Å². The van der Waals surface area contributed by atoms with E-state index in [9.17, 15) is 23.2 Å². The second kappa shape index (κ2) is 10.3. The number of carbonyl (C=O) groups is 3. The molecule has 0 atom stereocenters. The fraction of sp³-hybridized carbons (Fsp3) is 0.150. The quantitative estimate of drug-likeness (QED) is 0.529. The van der Waals surface area contributed by atoms with E-state index in [0.717, 1.165) is 0 Å². The smallest absolute Gasteiger partial charge is 0.387 e. The van der Waals surface area contributed by atoms with Crippen molar-refractivity contribution in [3.05, 3.63) is 65.3 Å². The number of carbonyl (C=O) groups excluding carboxylic acids is 3. The van der Waals surface area contributed by atoms with Gasteiger partial charge in [-0.2, -0.15) is 8.78 Å². The van der Waals surface area contributed by atoms with Gasteiger partial charge in [-0.15, -0.1) is 11.3 Å². The lowest BCUT2D eigenvalue weighted by atomic mass is 10.2. The van der Waals surface area contributed by atoms with Crippen molar-refractivity contribution in [1.82, 2.24) is 15.3 Å². The van der Waals surface area contributed by atoms with Crippen molar-refractivity contribution in [3.63, 3.8) is 0 Å². The molecule has 0 bridgehead atoms. The number of rotatable bonds is 8. The standard InChI is InChI=1S/C20H15F2N3O5S/c21-20(22)30-14-6-4-12(5-7-14)18(28)25-16(26)10-29-17(27)9-13-11-31-19(24-13)15-3-1-2-8-23-15/h1-8,11,20H,9-10H2,(H,25,26,28). The van der Waals surface area contributed by atoms with E-state index in [1.807, 2.05) is 11.4 Å². The molecule has 0 aliphatic heterocycles. The van der Waals surface area contributed by atoms with Gasteiger partial charge in [0.15, 0.2) is 6.61 Å². The lowest BCUT2D eigenvalue weighted by Gasteiger charge is -2.07. The number of esters is 1. The Labute approximate surface area is 178 Å². The normalized spacial score (nSPS) is 10.5. The van der Waals surface area contributed by atoms with Crippen LogP contribution < -0.4 is 10.1 Å². The maximum Gasteiger partial charge on any atom is 0.387 e. The van der Waals surface area contributed by atoms with Crippen molar-refractivity contribution in [1.29, 1.82) is 0 Å². The van der Waals surface area contributed by atoms with E-state index in [0.29, 0.717) is 16.4 Å². The van der Waals surface area contributed by atoms with Crippen LogP contribution in [0, 0.1) is 0 Å². The highest BCUT2D eigenvalue weighted by Gasteiger charge is 2.15. The maximum atomic E-state index is 12.1. The lowest BCUT2D eigenvalue weighted by Crippen LogP contribution is -2.34. The molecule has 11 heteroatoms. The molecule has 1 aromatic carbocycles. The van der Waals surface area contributed by atoms with Crippen molar-refractivity contribution >= 4 is 29.1 Å². The molecule has 0 aliphatic rings. The van der Waals surface area contributed by atoms with Gasteiger partial charge in [-0.3, -0.25) is 24.7 Å². The third-order valence-corrected chi connectivity index (χ3v) is 4.63. The van der Waals surface area contributed by atoms with Crippen molar-refractivity contribution in [2.45, 2.75) is 13.0 Å². The van der Waals surface area contributed by atoms with Gasteiger partial charge in [-0.25, -0.2) is 4.98 Å². The summed E-state index contributed by atoms with van der Waals surface area (Å²) in [4.78, 5) is 44.2. The largest absolute Gasteiger partial charge is 0.455 e. The molecular weight excluding hydrogens is 432 g/mol. The molecule has 2 aromatic heterocycles. The van der Waals surface area contributed by atoms with E-state index in [-0.39, 0.29) is 17.7 Å². The molecule has 2 amide bonds. The number of imide groups is 1. The molecule has 0 spiro atoms. The Kier molecular flexibility index (Phi) is 7.33. The van der Waals surface area contributed by atoms with Crippen LogP contribution in [0.25, 0.3) is 10.7 Å². The van der Waals surface area contributed by atoms with Crippen LogP contribution in [0.4, 0.5) is 8.78 Å². The first kappa shape index (κ1) is 22.0. The molecule has 3 rings (SSSR count). The van der Waals surface area contributed by atoms with Gasteiger partial charge in [0.2, 0.25) is 0 Å². The van der Waals surface area contributed by atoms with Crippen molar-refractivity contribution in [3.8, 4) is 16.5 Å². The molecule has 0 saturated carbocycles. The molecular formula is C20H15F2N3O5S. The molecule has 160 valence electrons. The Morgan fingerprint density at radius 1 is 1.10 bits per heavy atom. The first-order chi connectivity index (χ1) is 14.9. The molecule has 1 N–H and O–H groups in total. The number of amides is 2. The summed E-state index contributed by atoms with van der Waals surface area (Å²) in [5, 5.41) is 4.38. The van der Waals surface area contributed by atoms with Gasteiger partial charge >= 0.3 is 12.6 Å². The van der Waals surface area contributed by atoms with E-state index in [4.69, 9.17) is 4.74 Å². The first-order valence-corrected chi connectivity index (χ1v) is 9.69. The fourth-order valence-corrected chi connectivity index (χ4v) is 3.16. The Balaban J connectivity index is 1.44. The highest BCUT2D eigenvalue weighted by Crippen LogP contribution is 2.21. The highest BCUT2D eigenvalue weighted by atomic mass is 32.1. The molecule has 2 heterocycles. The van der Waals surface area contributed by atoms with Crippen LogP contribution in [-0.2, 0) is 20.7 Å². The Bertz CT molecular complexity index is 1060. The number of nitrogens with zero attached hydrogens (tertiary/aromatic N) is 2. The van der Waals surface area contributed by atoms with Crippen molar-refractivity contribution < 1.29 is 32.6 Å². The van der Waals surface area contributed by atoms with E-state index in [1.54, 1.807) is 23.7 Å². The predicted octanol–water partition coefficient (Wildman–Crippen LogP) is 2.85. The monoisotopic (exact) mass is 447 g/mol. The Hall–Kier alpha value is -3.73. The SMILES string of the molecule is O=C(COC(=O)Cc1csc(-c2ccccn2)n1)NC(=O)c1ccc(OC(F)F)cc1. The van der Waals surface area contributed by atoms with Crippen LogP contribution in [0.3, 0.4) is 0 Å². The minimum Gasteiger partial charge on any atom is -0.455 e. The summed E-state index contributed by atoms with van der Waals surface area (Å²) >= 11 is 1.32. The second-order valence-corrected chi connectivity index (χ2v) is 6.83. The zero-order chi connectivity index (χ0) is 22.2. The zero-order valence-electron chi connectivity index (χ0n) is 15.8. The van der Waals surface area contributed by atoms with Gasteiger partial charge < -0.3 is 9.47 Å². The van der Waals surface area contributed by atoms with Crippen LogP contribution in [0.5, 0.6) is 5.75 Å². The lowest BCUT2D eigenvalue weighted by molar-refractivity contribution is -0.147. The second-order valence-electron chi connectivity index (χ2n) is 5.98. The summed E-state index contributed by atoms with van der Waals surface area (Å²) in [7, 11) is 0. The van der Waals surface area contributed by atoms with Gasteiger partial charge in [0.25, 0.3) is 11.8 Å². The zero-order valence-corrected chi connectivity index (χ0v) is 16.6. The molecule has 0 radical (unpaired) electrons. The molecule has 0 aliphatic carbocycles. The molecule has 3 aromatic rings. The van der Waals surface area contributed by atoms with Gasteiger partial charge in [0, 0.05) is 17.1 Å². The minimum absolute atomic E-state index is 0.0471. The number of pyridine rings is 1. The number of halogens is 2. The highest BCUT2D eigenvalue weighted by molar-refractivity contribution is 7.13. The van der Waals surface area contributed by atoms with Crippen molar-refractivity contribution in [2.75, 3.05) is 6.61 Å². The minimum atomic E-state index is -2.98. The number of thiazole rings is 1. The topological polar surface area (TPSA) is 107 Å². The summed E-state index contributed by atoms with van der Waals surface area (Å²) in [6.45, 7) is -3.64. The molecule has 0 saturated heterocycles. The third kappa shape index (κ3) is 6.64. The van der Waals surface area contributed by atoms with Crippen molar-refractivity contribution in [2.24, 2.45) is 0 Å². The Morgan fingerprint density at radius 3 is 2.55 bits per heavy atom. The third-order valence-electron chi connectivity index (χ3n) is 3.72. The number of ether oxygens (including phenoxy) is 2. The maximum absolute atomic E-state index is 12.1. The number of aromatic nitrogens is 2. The number of alkyl halides is 2. The number of benzene rings is 1. The molecule has 8 nitrogen and oxygen atoms in total. The van der Waals surface area contributed by atoms with Gasteiger partial charge in [-0.1, -0.05) is 6.07 Å². The summed E-state index contributed by atoms with van der Waals surface area (Å²) < 4.78 is 33.3. The van der Waals surface area contributed by atoms with Gasteiger partial charge in [0.1, 0.15) is 10.8 Å². The van der Waals surface area contributed by atoms with E-state index in [2.05, 4.69) is 14.7 Å². The van der Waals surface area contributed by atoms with Gasteiger partial charge in [0.05, 0.1) is 17.8 Å². The van der Waals surface area contributed by atoms with Crippen LogP contribution in [0.15, 0.2) is 54.0 Å². The van der Waals surface area contributed by atoms with E-state index in [1.165, 1.54) is 35.6 Å². The van der Waals surface area contributed by atoms with Gasteiger partial charge in [-0.05, 0) is 36.4 Å². The number of hydrogen-bond acceptors (Lipinski definition) is 8. The average Bonchev–Trinajstić information content (AvgIpc) is 3.21. The predicted molar refractivity (Wildman–Crippen MR) is 106 cm³/mol. The summed E-state index contributed by atoms with van der Waals surface area (Å²) in [6, 6.07) is 10.2. The number of nitrogens with one attached hydrogen (secondary N) is 1. The fourth-order valence-electron chi connectivity index (χ4n) is 2.36. The van der Waals surface area contributed by atoms with Crippen LogP contribution in [0.1, 0.15) is 16.1 Å². The Morgan fingerprint density at radius 2 is 1.87 bits per heavy atom. The van der Waals surface area contributed by atoms with E-state index >= 15 is 0 Å².